The molecular weight excluding hydrogens is 288 g/mol. The van der Waals surface area contributed by atoms with Crippen LogP contribution in [-0.4, -0.2) is 47.4 Å². The third-order valence-corrected chi connectivity index (χ3v) is 5.49. The molecule has 0 radical (unpaired) electrons. The van der Waals surface area contributed by atoms with Crippen LogP contribution < -0.4 is 10.1 Å². The van der Waals surface area contributed by atoms with Gasteiger partial charge in [0.1, 0.15) is 5.75 Å². The number of benzene rings is 1. The molecule has 2 aliphatic carbocycles. The molecule has 1 unspecified atom stereocenters. The van der Waals surface area contributed by atoms with E-state index in [-0.39, 0.29) is 6.10 Å². The van der Waals surface area contributed by atoms with E-state index in [1.807, 2.05) is 0 Å². The van der Waals surface area contributed by atoms with Crippen molar-refractivity contribution >= 4 is 0 Å². The molecule has 23 heavy (non-hydrogen) atoms. The molecule has 1 aromatic carbocycles. The van der Waals surface area contributed by atoms with Crippen LogP contribution in [0.4, 0.5) is 0 Å². The summed E-state index contributed by atoms with van der Waals surface area (Å²) in [6, 6.07) is 9.55. The van der Waals surface area contributed by atoms with Crippen LogP contribution in [0.3, 0.4) is 0 Å². The molecule has 3 aliphatic rings. The summed E-state index contributed by atoms with van der Waals surface area (Å²) in [6.07, 6.45) is 7.43. The van der Waals surface area contributed by atoms with E-state index in [1.54, 1.807) is 0 Å². The zero-order chi connectivity index (χ0) is 15.6. The predicted molar refractivity (Wildman–Crippen MR) is 90.6 cm³/mol. The number of aliphatic hydroxyl groups excluding tert-OH is 1. The van der Waals surface area contributed by atoms with Gasteiger partial charge in [0.05, 0.1) is 12.2 Å². The Bertz CT molecular complexity index is 532. The van der Waals surface area contributed by atoms with E-state index in [1.165, 1.54) is 37.7 Å². The van der Waals surface area contributed by atoms with Crippen molar-refractivity contribution in [1.29, 1.82) is 0 Å². The predicted octanol–water partition coefficient (Wildman–Crippen LogP) is 2.31. The minimum Gasteiger partial charge on any atom is -0.490 e. The molecular formula is C19H28N2O2. The lowest BCUT2D eigenvalue weighted by molar-refractivity contribution is 0.149. The van der Waals surface area contributed by atoms with Crippen LogP contribution in [0.1, 0.15) is 44.1 Å². The van der Waals surface area contributed by atoms with Crippen molar-refractivity contribution in [2.75, 3.05) is 13.1 Å². The molecule has 0 aromatic heterocycles. The van der Waals surface area contributed by atoms with Crippen molar-refractivity contribution in [3.05, 3.63) is 29.8 Å². The number of nitrogens with zero attached hydrogens (tertiary/aromatic N) is 1. The van der Waals surface area contributed by atoms with E-state index in [0.29, 0.717) is 18.2 Å². The average molecular weight is 316 g/mol. The maximum absolute atomic E-state index is 9.80. The lowest BCUT2D eigenvalue weighted by Gasteiger charge is -2.30. The number of ether oxygens (including phenoxy) is 1. The molecule has 126 valence electrons. The average Bonchev–Trinajstić information content (AvgIpc) is 3.08. The van der Waals surface area contributed by atoms with Crippen molar-refractivity contribution in [3.63, 3.8) is 0 Å². The number of aliphatic hydroxyl groups is 1. The highest BCUT2D eigenvalue weighted by atomic mass is 16.5. The first-order chi connectivity index (χ1) is 11.3. The summed E-state index contributed by atoms with van der Waals surface area (Å²) in [7, 11) is 0. The smallest absolute Gasteiger partial charge is 0.124 e. The fraction of sp³-hybridized carbons (Fsp3) is 0.684. The van der Waals surface area contributed by atoms with Crippen molar-refractivity contribution in [2.45, 2.75) is 69.4 Å². The third kappa shape index (κ3) is 3.70. The van der Waals surface area contributed by atoms with Crippen LogP contribution in [0.5, 0.6) is 5.75 Å². The SMILES string of the molecule is OC1CCN([C@H]2CCC[C@H]2NCc2ccccc2OC2CC2)C1. The molecule has 1 aliphatic heterocycles. The van der Waals surface area contributed by atoms with E-state index in [0.717, 1.165) is 31.8 Å². The molecule has 4 heteroatoms. The van der Waals surface area contributed by atoms with Crippen molar-refractivity contribution in [2.24, 2.45) is 0 Å². The summed E-state index contributed by atoms with van der Waals surface area (Å²) in [5.41, 5.74) is 1.27. The number of hydrogen-bond donors (Lipinski definition) is 2. The standard InChI is InChI=1S/C19H28N2O2/c22-15-10-11-21(13-15)18-6-3-5-17(18)20-12-14-4-1-2-7-19(14)23-16-8-9-16/h1-2,4,7,15-18,20,22H,3,5-6,8-13H2/t15?,17-,18+/m1/s1. The van der Waals surface area contributed by atoms with Crippen LogP contribution in [0.2, 0.25) is 0 Å². The first-order valence-electron chi connectivity index (χ1n) is 9.19. The fourth-order valence-electron chi connectivity index (χ4n) is 4.06. The molecule has 1 heterocycles. The summed E-state index contributed by atoms with van der Waals surface area (Å²) in [5, 5.41) is 13.6. The Labute approximate surface area is 138 Å². The first-order valence-corrected chi connectivity index (χ1v) is 9.19. The van der Waals surface area contributed by atoms with E-state index >= 15 is 0 Å². The van der Waals surface area contributed by atoms with E-state index in [2.05, 4.69) is 34.5 Å². The molecule has 3 fully saturated rings. The summed E-state index contributed by atoms with van der Waals surface area (Å²) < 4.78 is 6.03. The summed E-state index contributed by atoms with van der Waals surface area (Å²) >= 11 is 0. The molecule has 4 rings (SSSR count). The molecule has 0 spiro atoms. The summed E-state index contributed by atoms with van der Waals surface area (Å²) in [5.74, 6) is 1.05. The van der Waals surface area contributed by atoms with E-state index in [4.69, 9.17) is 4.74 Å². The Morgan fingerprint density at radius 2 is 2.00 bits per heavy atom. The quantitative estimate of drug-likeness (QED) is 0.845. The molecule has 2 N–H and O–H groups in total. The van der Waals surface area contributed by atoms with Gasteiger partial charge in [-0.05, 0) is 38.2 Å². The highest BCUT2D eigenvalue weighted by Crippen LogP contribution is 2.30. The Morgan fingerprint density at radius 1 is 1.13 bits per heavy atom. The van der Waals surface area contributed by atoms with E-state index < -0.39 is 0 Å². The Kier molecular flexibility index (Phi) is 4.56. The molecule has 0 amide bonds. The Morgan fingerprint density at radius 3 is 2.78 bits per heavy atom. The summed E-state index contributed by atoms with van der Waals surface area (Å²) in [4.78, 5) is 2.49. The topological polar surface area (TPSA) is 44.7 Å². The molecule has 4 nitrogen and oxygen atoms in total. The normalized spacial score (nSPS) is 31.6. The highest BCUT2D eigenvalue weighted by Gasteiger charge is 2.35. The second-order valence-corrected chi connectivity index (χ2v) is 7.35. The lowest BCUT2D eigenvalue weighted by Crippen LogP contribution is -2.46. The Hall–Kier alpha value is -1.10. The van der Waals surface area contributed by atoms with Crippen LogP contribution in [0.15, 0.2) is 24.3 Å². The van der Waals surface area contributed by atoms with Crippen molar-refractivity contribution in [3.8, 4) is 5.75 Å². The van der Waals surface area contributed by atoms with Gasteiger partial charge in [0, 0.05) is 37.3 Å². The van der Waals surface area contributed by atoms with Gasteiger partial charge in [-0.15, -0.1) is 0 Å². The van der Waals surface area contributed by atoms with Gasteiger partial charge >= 0.3 is 0 Å². The summed E-state index contributed by atoms with van der Waals surface area (Å²) in [6.45, 7) is 2.77. The number of likely N-dealkylation sites (tertiary alicyclic amines) is 1. The number of para-hydroxylation sites is 1. The van der Waals surface area contributed by atoms with Gasteiger partial charge in [-0.1, -0.05) is 24.6 Å². The first kappa shape index (κ1) is 15.4. The number of β-amino-alcohol motifs (C(OH)–C–C–N with tert-alkyl or cyclic N) is 1. The van der Waals surface area contributed by atoms with Crippen LogP contribution in [0, 0.1) is 0 Å². The second-order valence-electron chi connectivity index (χ2n) is 7.35. The second kappa shape index (κ2) is 6.80. The largest absolute Gasteiger partial charge is 0.490 e. The number of nitrogens with one attached hydrogen (secondary N) is 1. The zero-order valence-electron chi connectivity index (χ0n) is 13.8. The van der Waals surface area contributed by atoms with Crippen LogP contribution in [0.25, 0.3) is 0 Å². The van der Waals surface area contributed by atoms with Gasteiger partial charge in [-0.25, -0.2) is 0 Å². The van der Waals surface area contributed by atoms with Gasteiger partial charge in [0.2, 0.25) is 0 Å². The van der Waals surface area contributed by atoms with Crippen molar-refractivity contribution in [1.82, 2.24) is 10.2 Å². The number of rotatable bonds is 6. The Balaban J connectivity index is 1.36. The molecule has 1 aromatic rings. The minimum absolute atomic E-state index is 0.121. The van der Waals surface area contributed by atoms with Gasteiger partial charge in [0.15, 0.2) is 0 Å². The highest BCUT2D eigenvalue weighted by molar-refractivity contribution is 5.33. The van der Waals surface area contributed by atoms with E-state index in [9.17, 15) is 5.11 Å². The van der Waals surface area contributed by atoms with Gasteiger partial charge in [-0.3, -0.25) is 4.90 Å². The lowest BCUT2D eigenvalue weighted by atomic mass is 10.1. The van der Waals surface area contributed by atoms with Crippen molar-refractivity contribution < 1.29 is 9.84 Å². The zero-order valence-corrected chi connectivity index (χ0v) is 13.8. The fourth-order valence-corrected chi connectivity index (χ4v) is 4.06. The molecule has 1 saturated heterocycles. The van der Waals surface area contributed by atoms with Gasteiger partial charge in [0.25, 0.3) is 0 Å². The molecule has 3 atom stereocenters. The molecule has 0 bridgehead atoms. The maximum Gasteiger partial charge on any atom is 0.124 e. The third-order valence-electron chi connectivity index (χ3n) is 5.49. The maximum atomic E-state index is 9.80. The van der Waals surface area contributed by atoms with Crippen LogP contribution in [-0.2, 0) is 6.54 Å². The number of hydrogen-bond acceptors (Lipinski definition) is 4. The van der Waals surface area contributed by atoms with Crippen LogP contribution >= 0.6 is 0 Å². The van der Waals surface area contributed by atoms with Gasteiger partial charge < -0.3 is 15.2 Å². The minimum atomic E-state index is -0.121. The van der Waals surface area contributed by atoms with Gasteiger partial charge in [-0.2, -0.15) is 0 Å². The monoisotopic (exact) mass is 316 g/mol. The molecule has 2 saturated carbocycles.